The first kappa shape index (κ1) is 24.8. The fraction of sp³-hybridized carbons (Fsp3) is 0.333. The van der Waals surface area contributed by atoms with E-state index in [0.29, 0.717) is 11.3 Å². The first-order valence-corrected chi connectivity index (χ1v) is 11.1. The predicted molar refractivity (Wildman–Crippen MR) is 123 cm³/mol. The summed E-state index contributed by atoms with van der Waals surface area (Å²) in [7, 11) is 0. The highest BCUT2D eigenvalue weighted by Gasteiger charge is 2.22. The van der Waals surface area contributed by atoms with Gasteiger partial charge < -0.3 is 20.1 Å². The zero-order valence-corrected chi connectivity index (χ0v) is 19.9. The Morgan fingerprint density at radius 3 is 2.69 bits per heavy atom. The van der Waals surface area contributed by atoms with Crippen LogP contribution in [0.1, 0.15) is 52.9 Å². The maximum Gasteiger partial charge on any atom is 0.325 e. The fourth-order valence-electron chi connectivity index (χ4n) is 3.55. The molecule has 0 radical (unpaired) electrons. The van der Waals surface area contributed by atoms with Crippen molar-refractivity contribution in [3.63, 3.8) is 0 Å². The van der Waals surface area contributed by atoms with Gasteiger partial charge in [0, 0.05) is 24.6 Å². The maximum atomic E-state index is 14.3. The lowest BCUT2D eigenvalue weighted by Crippen LogP contribution is -2.35. The zero-order valence-electron chi connectivity index (χ0n) is 19.9. The molecule has 1 aliphatic heterocycles. The van der Waals surface area contributed by atoms with E-state index in [2.05, 4.69) is 20.7 Å². The highest BCUT2D eigenvalue weighted by Crippen LogP contribution is 2.24. The number of amides is 2. The molecule has 3 aromatic rings. The normalized spacial score (nSPS) is 13.1. The molecule has 0 saturated carbocycles. The van der Waals surface area contributed by atoms with Gasteiger partial charge in [-0.15, -0.1) is 0 Å². The number of halogens is 1. The molecule has 2 aromatic heterocycles. The minimum absolute atomic E-state index is 0.0378. The standard InChI is InChI=1S/C24H24FN5O6/c1-24(2,3)36-20(32)11-27-23(34)18-8-17(29-21-16(25)10-28-30(18)21)22(33)26-9-13-4-5-19-14(6-13)7-15(31)12-35-19/h4-6,8,10H,7,9,11-12H2,1-3H3,(H,26,33)(H,27,34). The molecule has 4 rings (SSSR count). The summed E-state index contributed by atoms with van der Waals surface area (Å²) in [4.78, 5) is 53.1. The molecule has 188 valence electrons. The van der Waals surface area contributed by atoms with Gasteiger partial charge in [-0.3, -0.25) is 19.2 Å². The van der Waals surface area contributed by atoms with Crippen molar-refractivity contribution in [2.24, 2.45) is 0 Å². The monoisotopic (exact) mass is 497 g/mol. The molecular formula is C24H24FN5O6. The Bertz CT molecular complexity index is 1380. The molecule has 0 atom stereocenters. The Morgan fingerprint density at radius 1 is 1.17 bits per heavy atom. The van der Waals surface area contributed by atoms with Crippen LogP contribution in [0.25, 0.3) is 5.65 Å². The van der Waals surface area contributed by atoms with E-state index in [1.54, 1.807) is 39.0 Å². The third-order valence-electron chi connectivity index (χ3n) is 5.06. The number of ether oxygens (including phenoxy) is 2. The number of carbonyl (C=O) groups excluding carboxylic acids is 4. The molecule has 12 heteroatoms. The summed E-state index contributed by atoms with van der Waals surface area (Å²) in [6.07, 6.45) is 1.11. The Hall–Kier alpha value is -4.35. The minimum atomic E-state index is -0.829. The number of benzene rings is 1. The van der Waals surface area contributed by atoms with E-state index in [-0.39, 0.29) is 42.4 Å². The lowest BCUT2D eigenvalue weighted by molar-refractivity contribution is -0.153. The average Bonchev–Trinajstić information content (AvgIpc) is 3.19. The molecule has 1 aromatic carbocycles. The van der Waals surface area contributed by atoms with Crippen molar-refractivity contribution < 1.29 is 33.0 Å². The minimum Gasteiger partial charge on any atom is -0.486 e. The van der Waals surface area contributed by atoms with Crippen LogP contribution < -0.4 is 15.4 Å². The number of hydrogen-bond donors (Lipinski definition) is 2. The molecule has 0 bridgehead atoms. The maximum absolute atomic E-state index is 14.3. The van der Waals surface area contributed by atoms with Gasteiger partial charge in [-0.2, -0.15) is 5.10 Å². The van der Waals surface area contributed by atoms with Crippen LogP contribution in [0.4, 0.5) is 4.39 Å². The van der Waals surface area contributed by atoms with Gasteiger partial charge in [0.1, 0.15) is 35.9 Å². The average molecular weight is 497 g/mol. The zero-order chi connectivity index (χ0) is 26.0. The first-order valence-electron chi connectivity index (χ1n) is 11.1. The van der Waals surface area contributed by atoms with Crippen molar-refractivity contribution in [2.75, 3.05) is 13.2 Å². The van der Waals surface area contributed by atoms with E-state index in [1.807, 2.05) is 0 Å². The summed E-state index contributed by atoms with van der Waals surface area (Å²) < 4.78 is 25.7. The van der Waals surface area contributed by atoms with Crippen molar-refractivity contribution in [3.05, 3.63) is 58.8 Å². The Kier molecular flexibility index (Phi) is 6.69. The number of nitrogens with zero attached hydrogens (tertiary/aromatic N) is 3. The molecule has 3 heterocycles. The molecular weight excluding hydrogens is 473 g/mol. The van der Waals surface area contributed by atoms with Crippen molar-refractivity contribution in [1.29, 1.82) is 0 Å². The summed E-state index contributed by atoms with van der Waals surface area (Å²) >= 11 is 0. The predicted octanol–water partition coefficient (Wildman–Crippen LogP) is 1.37. The number of hydrogen-bond acceptors (Lipinski definition) is 8. The third kappa shape index (κ3) is 5.65. The van der Waals surface area contributed by atoms with Crippen LogP contribution in [-0.4, -0.2) is 56.9 Å². The summed E-state index contributed by atoms with van der Waals surface area (Å²) in [5.41, 5.74) is -0.0320. The molecule has 36 heavy (non-hydrogen) atoms. The topological polar surface area (TPSA) is 141 Å². The van der Waals surface area contributed by atoms with Crippen LogP contribution in [0.2, 0.25) is 0 Å². The van der Waals surface area contributed by atoms with E-state index in [9.17, 15) is 23.6 Å². The highest BCUT2D eigenvalue weighted by atomic mass is 19.1. The van der Waals surface area contributed by atoms with E-state index < -0.39 is 35.7 Å². The second-order valence-electron chi connectivity index (χ2n) is 9.15. The van der Waals surface area contributed by atoms with Crippen molar-refractivity contribution >= 4 is 29.2 Å². The van der Waals surface area contributed by atoms with Crippen LogP contribution in [0, 0.1) is 5.82 Å². The van der Waals surface area contributed by atoms with Crippen LogP contribution in [0.3, 0.4) is 0 Å². The van der Waals surface area contributed by atoms with Crippen molar-refractivity contribution in [1.82, 2.24) is 25.2 Å². The first-order chi connectivity index (χ1) is 17.0. The molecule has 0 fully saturated rings. The quantitative estimate of drug-likeness (QED) is 0.487. The van der Waals surface area contributed by atoms with Gasteiger partial charge in [0.2, 0.25) is 0 Å². The van der Waals surface area contributed by atoms with Gasteiger partial charge in [-0.05, 0) is 38.5 Å². The van der Waals surface area contributed by atoms with E-state index >= 15 is 0 Å². The SMILES string of the molecule is CC(C)(C)OC(=O)CNC(=O)c1cc(C(=O)NCc2ccc3c(c2)CC(=O)CO3)nc2c(F)cnn12. The number of ketones is 1. The third-order valence-corrected chi connectivity index (χ3v) is 5.06. The van der Waals surface area contributed by atoms with Crippen LogP contribution in [0.15, 0.2) is 30.5 Å². The van der Waals surface area contributed by atoms with E-state index in [0.717, 1.165) is 22.3 Å². The largest absolute Gasteiger partial charge is 0.486 e. The second kappa shape index (κ2) is 9.72. The molecule has 2 amide bonds. The molecule has 0 aliphatic carbocycles. The van der Waals surface area contributed by atoms with Crippen LogP contribution in [0.5, 0.6) is 5.75 Å². The number of nitrogens with one attached hydrogen (secondary N) is 2. The lowest BCUT2D eigenvalue weighted by Gasteiger charge is -2.19. The van der Waals surface area contributed by atoms with Gasteiger partial charge in [0.05, 0.1) is 6.20 Å². The van der Waals surface area contributed by atoms with Crippen molar-refractivity contribution in [2.45, 2.75) is 39.3 Å². The van der Waals surface area contributed by atoms with Gasteiger partial charge in [0.25, 0.3) is 11.8 Å². The number of esters is 1. The lowest BCUT2D eigenvalue weighted by atomic mass is 10.0. The second-order valence-corrected chi connectivity index (χ2v) is 9.15. The Labute approximate surface area is 205 Å². The number of aromatic nitrogens is 3. The number of carbonyl (C=O) groups is 4. The Balaban J connectivity index is 1.50. The highest BCUT2D eigenvalue weighted by molar-refractivity contribution is 5.99. The summed E-state index contributed by atoms with van der Waals surface area (Å²) in [5.74, 6) is -2.35. The van der Waals surface area contributed by atoms with Gasteiger partial charge in [-0.25, -0.2) is 13.9 Å². The fourth-order valence-corrected chi connectivity index (χ4v) is 3.55. The van der Waals surface area contributed by atoms with Gasteiger partial charge in [0.15, 0.2) is 17.2 Å². The number of rotatable bonds is 6. The number of fused-ring (bicyclic) bond motifs is 2. The van der Waals surface area contributed by atoms with Gasteiger partial charge >= 0.3 is 5.97 Å². The molecule has 0 saturated heterocycles. The van der Waals surface area contributed by atoms with E-state index in [4.69, 9.17) is 9.47 Å². The molecule has 11 nitrogen and oxygen atoms in total. The van der Waals surface area contributed by atoms with Crippen molar-refractivity contribution in [3.8, 4) is 5.75 Å². The van der Waals surface area contributed by atoms with Crippen LogP contribution in [-0.2, 0) is 27.3 Å². The summed E-state index contributed by atoms with van der Waals surface area (Å²) in [6.45, 7) is 4.76. The van der Waals surface area contributed by atoms with Gasteiger partial charge in [-0.1, -0.05) is 6.07 Å². The van der Waals surface area contributed by atoms with E-state index in [1.165, 1.54) is 0 Å². The molecule has 1 aliphatic rings. The summed E-state index contributed by atoms with van der Waals surface area (Å²) in [5, 5.41) is 8.85. The molecule has 0 spiro atoms. The number of Topliss-reactive ketones (excluding diaryl/α,β-unsaturated/α-hetero) is 1. The van der Waals surface area contributed by atoms with Crippen LogP contribution >= 0.6 is 0 Å². The smallest absolute Gasteiger partial charge is 0.325 e. The molecule has 2 N–H and O–H groups in total. The molecule has 0 unspecified atom stereocenters. The Morgan fingerprint density at radius 2 is 1.94 bits per heavy atom. The summed E-state index contributed by atoms with van der Waals surface area (Å²) in [6, 6.07) is 6.38.